The molecule has 0 radical (unpaired) electrons. The lowest BCUT2D eigenvalue weighted by molar-refractivity contribution is -0.119. The Morgan fingerprint density at radius 1 is 1.42 bits per heavy atom. The molecule has 1 aromatic rings. The number of hydrogen-bond acceptors (Lipinski definition) is 5. The second-order valence-corrected chi connectivity index (χ2v) is 5.62. The summed E-state index contributed by atoms with van der Waals surface area (Å²) in [4.78, 5) is 28.3. The summed E-state index contributed by atoms with van der Waals surface area (Å²) in [7, 11) is 0. The van der Waals surface area contributed by atoms with Gasteiger partial charge >= 0.3 is 5.97 Å². The molecule has 1 aromatic heterocycles. The van der Waals surface area contributed by atoms with Gasteiger partial charge in [0.25, 0.3) is 0 Å². The zero-order chi connectivity index (χ0) is 13.8. The van der Waals surface area contributed by atoms with Crippen molar-refractivity contribution >= 4 is 28.3 Å². The number of rotatable bonds is 4. The molecule has 0 spiro atoms. The topological polar surface area (TPSA) is 68.3 Å². The van der Waals surface area contributed by atoms with Crippen LogP contribution in [0.15, 0.2) is 0 Å². The predicted molar refractivity (Wildman–Crippen MR) is 73.4 cm³/mol. The van der Waals surface area contributed by atoms with Crippen LogP contribution in [0, 0.1) is 12.8 Å². The van der Waals surface area contributed by atoms with Gasteiger partial charge in [-0.1, -0.05) is 24.2 Å². The fourth-order valence-corrected chi connectivity index (χ4v) is 3.09. The number of esters is 1. The molecule has 1 saturated carbocycles. The van der Waals surface area contributed by atoms with Gasteiger partial charge < -0.3 is 10.1 Å². The number of ether oxygens (including phenoxy) is 1. The minimum absolute atomic E-state index is 0.0154. The first-order valence-electron chi connectivity index (χ1n) is 6.57. The molecule has 1 aliphatic rings. The first-order chi connectivity index (χ1) is 9.11. The Hall–Kier alpha value is -1.43. The van der Waals surface area contributed by atoms with Gasteiger partial charge in [0, 0.05) is 5.92 Å². The maximum absolute atomic E-state index is 12.0. The average Bonchev–Trinajstić information content (AvgIpc) is 2.99. The molecule has 1 fully saturated rings. The molecule has 5 nitrogen and oxygen atoms in total. The highest BCUT2D eigenvalue weighted by molar-refractivity contribution is 7.17. The van der Waals surface area contributed by atoms with Crippen molar-refractivity contribution in [1.29, 1.82) is 0 Å². The van der Waals surface area contributed by atoms with Crippen LogP contribution >= 0.6 is 11.3 Å². The van der Waals surface area contributed by atoms with Crippen molar-refractivity contribution in [1.82, 2.24) is 4.98 Å². The lowest BCUT2D eigenvalue weighted by Crippen LogP contribution is -2.20. The van der Waals surface area contributed by atoms with E-state index in [4.69, 9.17) is 4.74 Å². The summed E-state index contributed by atoms with van der Waals surface area (Å²) in [5.41, 5.74) is 0.602. The van der Waals surface area contributed by atoms with Gasteiger partial charge in [-0.2, -0.15) is 0 Å². The van der Waals surface area contributed by atoms with Crippen molar-refractivity contribution in [3.63, 3.8) is 0 Å². The van der Waals surface area contributed by atoms with Crippen LogP contribution in [0.2, 0.25) is 0 Å². The summed E-state index contributed by atoms with van der Waals surface area (Å²) in [6.07, 6.45) is 4.12. The van der Waals surface area contributed by atoms with Gasteiger partial charge in [0.1, 0.15) is 4.88 Å². The maximum atomic E-state index is 12.0. The summed E-state index contributed by atoms with van der Waals surface area (Å²) in [5, 5.41) is 3.29. The van der Waals surface area contributed by atoms with E-state index in [0.29, 0.717) is 22.3 Å². The lowest BCUT2D eigenvalue weighted by Gasteiger charge is -2.07. The number of aryl methyl sites for hydroxylation is 1. The summed E-state index contributed by atoms with van der Waals surface area (Å²) in [6.45, 7) is 3.84. The third-order valence-electron chi connectivity index (χ3n) is 3.21. The normalized spacial score (nSPS) is 15.5. The molecule has 1 heterocycles. The van der Waals surface area contributed by atoms with E-state index in [-0.39, 0.29) is 17.8 Å². The number of carbonyl (C=O) groups excluding carboxylic acids is 2. The number of aromatic nitrogens is 1. The maximum Gasteiger partial charge on any atom is 0.350 e. The average molecular weight is 282 g/mol. The first kappa shape index (κ1) is 14.0. The monoisotopic (exact) mass is 282 g/mol. The van der Waals surface area contributed by atoms with Crippen LogP contribution in [-0.2, 0) is 9.53 Å². The van der Waals surface area contributed by atoms with Crippen LogP contribution in [0.25, 0.3) is 0 Å². The third-order valence-corrected chi connectivity index (χ3v) is 4.27. The molecule has 0 aliphatic heterocycles. The zero-order valence-electron chi connectivity index (χ0n) is 11.2. The summed E-state index contributed by atoms with van der Waals surface area (Å²) in [6, 6.07) is 0. The van der Waals surface area contributed by atoms with Gasteiger partial charge in [-0.15, -0.1) is 0 Å². The van der Waals surface area contributed by atoms with Crippen LogP contribution in [0.1, 0.15) is 48.0 Å². The Morgan fingerprint density at radius 2 is 2.11 bits per heavy atom. The number of nitrogens with zero attached hydrogens (tertiary/aromatic N) is 1. The van der Waals surface area contributed by atoms with E-state index in [1.165, 1.54) is 11.3 Å². The van der Waals surface area contributed by atoms with Crippen LogP contribution < -0.4 is 5.32 Å². The molecule has 1 amide bonds. The van der Waals surface area contributed by atoms with Gasteiger partial charge in [-0.05, 0) is 26.7 Å². The Kier molecular flexibility index (Phi) is 4.52. The second kappa shape index (κ2) is 6.14. The van der Waals surface area contributed by atoms with Crippen LogP contribution in [0.4, 0.5) is 5.13 Å². The van der Waals surface area contributed by atoms with Gasteiger partial charge in [-0.3, -0.25) is 4.79 Å². The molecule has 104 valence electrons. The zero-order valence-corrected chi connectivity index (χ0v) is 12.0. The third kappa shape index (κ3) is 3.32. The van der Waals surface area contributed by atoms with E-state index in [9.17, 15) is 9.59 Å². The molecular formula is C13H18N2O3S. The van der Waals surface area contributed by atoms with E-state index in [1.54, 1.807) is 13.8 Å². The van der Waals surface area contributed by atoms with Crippen molar-refractivity contribution in [3.8, 4) is 0 Å². The van der Waals surface area contributed by atoms with Crippen molar-refractivity contribution in [2.24, 2.45) is 5.92 Å². The summed E-state index contributed by atoms with van der Waals surface area (Å²) < 4.78 is 4.95. The van der Waals surface area contributed by atoms with Crippen molar-refractivity contribution in [2.75, 3.05) is 11.9 Å². The van der Waals surface area contributed by atoms with E-state index >= 15 is 0 Å². The second-order valence-electron chi connectivity index (χ2n) is 4.62. The van der Waals surface area contributed by atoms with E-state index in [2.05, 4.69) is 10.3 Å². The number of carbonyl (C=O) groups is 2. The Balaban J connectivity index is 2.03. The van der Waals surface area contributed by atoms with Gasteiger partial charge in [0.2, 0.25) is 5.91 Å². The van der Waals surface area contributed by atoms with Gasteiger partial charge in [-0.25, -0.2) is 9.78 Å². The molecule has 0 atom stereocenters. The molecule has 0 bridgehead atoms. The van der Waals surface area contributed by atoms with Crippen molar-refractivity contribution in [3.05, 3.63) is 10.6 Å². The number of thiazole rings is 1. The summed E-state index contributed by atoms with van der Waals surface area (Å²) >= 11 is 1.18. The Morgan fingerprint density at radius 3 is 2.74 bits per heavy atom. The molecule has 2 rings (SSSR count). The fourth-order valence-electron chi connectivity index (χ4n) is 2.23. The predicted octanol–water partition coefficient (Wildman–Crippen LogP) is 2.76. The van der Waals surface area contributed by atoms with E-state index in [0.717, 1.165) is 25.7 Å². The molecule has 1 N–H and O–H groups in total. The number of anilines is 1. The molecule has 1 aliphatic carbocycles. The molecule has 19 heavy (non-hydrogen) atoms. The molecule has 0 aromatic carbocycles. The number of amides is 1. The molecular weight excluding hydrogens is 264 g/mol. The standard InChI is InChI=1S/C13H18N2O3S/c1-3-18-12(17)10-8(2)14-13(19-10)15-11(16)9-6-4-5-7-9/h9H,3-7H2,1-2H3,(H,14,15,16). The lowest BCUT2D eigenvalue weighted by atomic mass is 10.1. The van der Waals surface area contributed by atoms with E-state index < -0.39 is 0 Å². The van der Waals surface area contributed by atoms with Crippen molar-refractivity contribution < 1.29 is 14.3 Å². The molecule has 6 heteroatoms. The highest BCUT2D eigenvalue weighted by Gasteiger charge is 2.24. The van der Waals surface area contributed by atoms with Crippen LogP contribution in [0.3, 0.4) is 0 Å². The minimum atomic E-state index is -0.376. The molecule has 0 saturated heterocycles. The fraction of sp³-hybridized carbons (Fsp3) is 0.615. The van der Waals surface area contributed by atoms with Crippen molar-refractivity contribution in [2.45, 2.75) is 39.5 Å². The number of nitrogens with one attached hydrogen (secondary N) is 1. The quantitative estimate of drug-likeness (QED) is 0.862. The highest BCUT2D eigenvalue weighted by Crippen LogP contribution is 2.28. The first-order valence-corrected chi connectivity index (χ1v) is 7.39. The van der Waals surface area contributed by atoms with Gasteiger partial charge in [0.15, 0.2) is 5.13 Å². The van der Waals surface area contributed by atoms with Gasteiger partial charge in [0.05, 0.1) is 12.3 Å². The SMILES string of the molecule is CCOC(=O)c1sc(NC(=O)C2CCCC2)nc1C. The van der Waals surface area contributed by atoms with Crippen LogP contribution in [0.5, 0.6) is 0 Å². The summed E-state index contributed by atoms with van der Waals surface area (Å²) in [5.74, 6) is -0.268. The number of hydrogen-bond donors (Lipinski definition) is 1. The Bertz CT molecular complexity index is 478. The highest BCUT2D eigenvalue weighted by atomic mass is 32.1. The largest absolute Gasteiger partial charge is 0.462 e. The minimum Gasteiger partial charge on any atom is -0.462 e. The van der Waals surface area contributed by atoms with Crippen LogP contribution in [-0.4, -0.2) is 23.5 Å². The smallest absolute Gasteiger partial charge is 0.350 e. The van der Waals surface area contributed by atoms with E-state index in [1.807, 2.05) is 0 Å². The Labute approximate surface area is 116 Å². The molecule has 0 unspecified atom stereocenters.